The number of hydrogen-bond acceptors (Lipinski definition) is 4. The van der Waals surface area contributed by atoms with Gasteiger partial charge >= 0.3 is 5.97 Å². The fourth-order valence-corrected chi connectivity index (χ4v) is 1.89. The Morgan fingerprint density at radius 2 is 1.72 bits per heavy atom. The van der Waals surface area contributed by atoms with Crippen LogP contribution >= 0.6 is 0 Å². The quantitative estimate of drug-likeness (QED) is 0.287. The minimum Gasteiger partial charge on any atom is -0.466 e. The van der Waals surface area contributed by atoms with Gasteiger partial charge in [-0.15, -0.1) is 0 Å². The van der Waals surface area contributed by atoms with Crippen molar-refractivity contribution < 1.29 is 22.5 Å². The van der Waals surface area contributed by atoms with Gasteiger partial charge in [0.2, 0.25) is 0 Å². The molecule has 0 atom stereocenters. The summed E-state index contributed by atoms with van der Waals surface area (Å²) < 4.78 is 34.3. The van der Waals surface area contributed by atoms with E-state index in [1.807, 2.05) is 6.92 Å². The second kappa shape index (κ2) is 12.4. The first-order chi connectivity index (χ1) is 7.95. The van der Waals surface area contributed by atoms with Crippen LogP contribution in [0.15, 0.2) is 0 Å². The van der Waals surface area contributed by atoms with Crippen molar-refractivity contribution in [1.29, 1.82) is 0 Å². The fraction of sp³-hybridized carbons (Fsp3) is 0.909. The molecule has 5 nitrogen and oxygen atoms in total. The van der Waals surface area contributed by atoms with Crippen molar-refractivity contribution in [2.45, 2.75) is 51.9 Å². The number of unbranched alkanes of at least 4 members (excludes halogenated alkanes) is 4. The van der Waals surface area contributed by atoms with E-state index in [2.05, 4.69) is 0 Å². The number of carbonyl (C=O) groups excluding carboxylic acids is 1. The standard InChI is InChI=1S/C11H22O5S.Na/c1-2-3-8-11(12)16-9-6-4-5-7-10-17(13,14)15;/h2-10H2,1H3,(H,13,14,15);. The summed E-state index contributed by atoms with van der Waals surface area (Å²) in [5.74, 6) is -0.353. The third kappa shape index (κ3) is 16.4. The minimum atomic E-state index is -3.83. The van der Waals surface area contributed by atoms with E-state index in [9.17, 15) is 13.2 Å². The zero-order valence-electron chi connectivity index (χ0n) is 11.4. The summed E-state index contributed by atoms with van der Waals surface area (Å²) in [6.07, 6.45) is 5.01. The monoisotopic (exact) mass is 289 g/mol. The van der Waals surface area contributed by atoms with Crippen molar-refractivity contribution in [2.75, 3.05) is 12.4 Å². The van der Waals surface area contributed by atoms with E-state index in [1.54, 1.807) is 0 Å². The summed E-state index contributed by atoms with van der Waals surface area (Å²) in [4.78, 5) is 11.1. The first kappa shape index (κ1) is 20.7. The second-order valence-corrected chi connectivity index (χ2v) is 5.60. The van der Waals surface area contributed by atoms with Crippen LogP contribution in [0.5, 0.6) is 0 Å². The average molecular weight is 289 g/mol. The molecule has 0 aliphatic carbocycles. The SMILES string of the molecule is CCCCC(=O)OCCCCCCS(=O)(=O)O.[Na]. The molecule has 1 N–H and O–H groups in total. The zero-order chi connectivity index (χ0) is 13.1. The van der Waals surface area contributed by atoms with Crippen molar-refractivity contribution in [1.82, 2.24) is 0 Å². The summed E-state index contributed by atoms with van der Waals surface area (Å²) in [5, 5.41) is 0. The third-order valence-electron chi connectivity index (χ3n) is 2.29. The molecule has 18 heavy (non-hydrogen) atoms. The molecule has 0 bridgehead atoms. The number of rotatable bonds is 10. The van der Waals surface area contributed by atoms with Crippen molar-refractivity contribution in [3.05, 3.63) is 0 Å². The third-order valence-corrected chi connectivity index (χ3v) is 3.10. The van der Waals surface area contributed by atoms with E-state index in [-0.39, 0.29) is 41.3 Å². The largest absolute Gasteiger partial charge is 0.466 e. The predicted molar refractivity (Wildman–Crippen MR) is 71.1 cm³/mol. The van der Waals surface area contributed by atoms with Gasteiger partial charge in [-0.1, -0.05) is 26.2 Å². The average Bonchev–Trinajstić information content (AvgIpc) is 2.23. The van der Waals surface area contributed by atoms with Gasteiger partial charge < -0.3 is 4.74 Å². The van der Waals surface area contributed by atoms with Gasteiger partial charge in [0.1, 0.15) is 0 Å². The van der Waals surface area contributed by atoms with Crippen LogP contribution in [0.2, 0.25) is 0 Å². The Morgan fingerprint density at radius 3 is 2.28 bits per heavy atom. The maximum absolute atomic E-state index is 11.1. The molecule has 0 aromatic heterocycles. The minimum absolute atomic E-state index is 0. The van der Waals surface area contributed by atoms with Crippen molar-refractivity contribution in [3.63, 3.8) is 0 Å². The molecule has 0 heterocycles. The van der Waals surface area contributed by atoms with E-state index in [0.717, 1.165) is 25.7 Å². The molecule has 0 rings (SSSR count). The van der Waals surface area contributed by atoms with Gasteiger partial charge in [-0.2, -0.15) is 8.42 Å². The normalized spacial score (nSPS) is 10.8. The molecule has 0 saturated carbocycles. The molecular formula is C11H22NaO5S. The maximum atomic E-state index is 11.1. The van der Waals surface area contributed by atoms with Crippen LogP contribution in [0.1, 0.15) is 51.9 Å². The molecule has 0 fully saturated rings. The summed E-state index contributed by atoms with van der Waals surface area (Å²) in [6, 6.07) is 0. The zero-order valence-corrected chi connectivity index (χ0v) is 14.2. The Bertz CT molecular complexity index is 303. The molecular weight excluding hydrogens is 267 g/mol. The van der Waals surface area contributed by atoms with E-state index in [4.69, 9.17) is 9.29 Å². The molecule has 0 amide bonds. The smallest absolute Gasteiger partial charge is 0.305 e. The molecule has 0 unspecified atom stereocenters. The molecule has 0 aromatic rings. The Hall–Kier alpha value is 0.380. The van der Waals surface area contributed by atoms with Gasteiger partial charge in [0.15, 0.2) is 0 Å². The van der Waals surface area contributed by atoms with Crippen LogP contribution < -0.4 is 0 Å². The fourth-order valence-electron chi connectivity index (χ4n) is 1.32. The molecule has 0 aromatic carbocycles. The number of carbonyl (C=O) groups is 1. The van der Waals surface area contributed by atoms with Gasteiger partial charge in [-0.3, -0.25) is 9.35 Å². The van der Waals surface area contributed by atoms with Crippen LogP contribution in [-0.4, -0.2) is 60.9 Å². The first-order valence-corrected chi connectivity index (χ1v) is 7.67. The summed E-state index contributed by atoms with van der Waals surface area (Å²) >= 11 is 0. The van der Waals surface area contributed by atoms with Gasteiger partial charge in [0.25, 0.3) is 10.1 Å². The first-order valence-electron chi connectivity index (χ1n) is 6.06. The Kier molecular flexibility index (Phi) is 14.3. The van der Waals surface area contributed by atoms with Crippen molar-refractivity contribution in [3.8, 4) is 0 Å². The predicted octanol–water partition coefficient (Wildman–Crippen LogP) is 1.79. The summed E-state index contributed by atoms with van der Waals surface area (Å²) in [5.41, 5.74) is 0. The number of esters is 1. The summed E-state index contributed by atoms with van der Waals surface area (Å²) in [6.45, 7) is 2.41. The number of ether oxygens (including phenoxy) is 1. The van der Waals surface area contributed by atoms with E-state index < -0.39 is 10.1 Å². The van der Waals surface area contributed by atoms with Gasteiger partial charge in [-0.05, 0) is 19.3 Å². The van der Waals surface area contributed by atoms with Crippen LogP contribution in [0.4, 0.5) is 0 Å². The van der Waals surface area contributed by atoms with Gasteiger partial charge in [-0.25, -0.2) is 0 Å². The van der Waals surface area contributed by atoms with Crippen LogP contribution in [-0.2, 0) is 19.6 Å². The molecule has 0 spiro atoms. The van der Waals surface area contributed by atoms with Gasteiger partial charge in [0, 0.05) is 36.0 Å². The van der Waals surface area contributed by atoms with Crippen molar-refractivity contribution >= 4 is 45.6 Å². The molecule has 103 valence electrons. The maximum Gasteiger partial charge on any atom is 0.305 e. The van der Waals surface area contributed by atoms with E-state index in [0.29, 0.717) is 25.9 Å². The van der Waals surface area contributed by atoms with Gasteiger partial charge in [0.05, 0.1) is 12.4 Å². The Morgan fingerprint density at radius 1 is 1.11 bits per heavy atom. The summed E-state index contributed by atoms with van der Waals surface area (Å²) in [7, 11) is -3.83. The van der Waals surface area contributed by atoms with E-state index >= 15 is 0 Å². The van der Waals surface area contributed by atoms with Crippen molar-refractivity contribution in [2.24, 2.45) is 0 Å². The topological polar surface area (TPSA) is 80.7 Å². The van der Waals surface area contributed by atoms with Crippen LogP contribution in [0, 0.1) is 0 Å². The number of hydrogen-bond donors (Lipinski definition) is 1. The molecule has 7 heteroatoms. The Labute approximate surface area is 132 Å². The van der Waals surface area contributed by atoms with E-state index in [1.165, 1.54) is 0 Å². The molecule has 0 saturated heterocycles. The molecule has 1 radical (unpaired) electrons. The van der Waals surface area contributed by atoms with Crippen LogP contribution in [0.25, 0.3) is 0 Å². The van der Waals surface area contributed by atoms with Crippen LogP contribution in [0.3, 0.4) is 0 Å². The Balaban J connectivity index is 0. The second-order valence-electron chi connectivity index (χ2n) is 4.02. The molecule has 0 aliphatic rings. The molecule has 0 aliphatic heterocycles.